The molecule has 0 bridgehead atoms. The molecule has 0 radical (unpaired) electrons. The number of amides is 3. The number of hydrogen-bond donors (Lipinski definition) is 1. The molecule has 0 aliphatic carbocycles. The lowest BCUT2D eigenvalue weighted by Gasteiger charge is -2.12. The molecule has 0 unspecified atom stereocenters. The molecule has 12 heteroatoms. The minimum absolute atomic E-state index is 0.0160. The first kappa shape index (κ1) is 22.1. The van der Waals surface area contributed by atoms with Gasteiger partial charge < -0.3 is 10.2 Å². The van der Waals surface area contributed by atoms with Gasteiger partial charge in [0, 0.05) is 35.5 Å². The van der Waals surface area contributed by atoms with Crippen molar-refractivity contribution in [3.05, 3.63) is 64.5 Å². The number of azo groups is 1. The molecule has 0 spiro atoms. The van der Waals surface area contributed by atoms with Crippen molar-refractivity contribution in [3.8, 4) is 0 Å². The van der Waals surface area contributed by atoms with Crippen LogP contribution in [0.25, 0.3) is 10.4 Å². The fourth-order valence-electron chi connectivity index (χ4n) is 2.62. The van der Waals surface area contributed by atoms with Crippen molar-refractivity contribution in [2.75, 3.05) is 6.54 Å². The molecule has 1 saturated heterocycles. The van der Waals surface area contributed by atoms with Gasteiger partial charge in [0.1, 0.15) is 0 Å². The summed E-state index contributed by atoms with van der Waals surface area (Å²) in [6.45, 7) is -0.0266. The third-order valence-electron chi connectivity index (χ3n) is 4.23. The van der Waals surface area contributed by atoms with Gasteiger partial charge in [-0.1, -0.05) is 17.2 Å². The number of hydrogen-bond acceptors (Lipinski definition) is 8. The van der Waals surface area contributed by atoms with Crippen LogP contribution >= 0.6 is 0 Å². The lowest BCUT2D eigenvalue weighted by molar-refractivity contribution is -0.197. The zero-order chi connectivity index (χ0) is 22.9. The molecule has 0 atom stereocenters. The van der Waals surface area contributed by atoms with E-state index in [2.05, 4.69) is 25.6 Å². The minimum atomic E-state index is -0.794. The van der Waals surface area contributed by atoms with Gasteiger partial charge in [0.05, 0.1) is 17.8 Å². The minimum Gasteiger partial charge on any atom is -0.351 e. The molecule has 1 fully saturated rings. The zero-order valence-electron chi connectivity index (χ0n) is 16.7. The van der Waals surface area contributed by atoms with Crippen molar-refractivity contribution in [1.29, 1.82) is 0 Å². The second-order valence-corrected chi connectivity index (χ2v) is 6.50. The van der Waals surface area contributed by atoms with E-state index in [1.807, 2.05) is 0 Å². The Bertz CT molecular complexity index is 1090. The summed E-state index contributed by atoms with van der Waals surface area (Å²) < 4.78 is 0. The van der Waals surface area contributed by atoms with Crippen LogP contribution in [0.4, 0.5) is 17.1 Å². The number of nitrogens with one attached hydrogen (secondary N) is 1. The Kier molecular flexibility index (Phi) is 7.23. The van der Waals surface area contributed by atoms with Gasteiger partial charge in [0.2, 0.25) is 0 Å². The van der Waals surface area contributed by atoms with Crippen LogP contribution in [-0.2, 0) is 19.2 Å². The number of benzene rings is 2. The maximum Gasteiger partial charge on any atom is 0.334 e. The molecule has 3 amide bonds. The highest BCUT2D eigenvalue weighted by Gasteiger charge is 2.32. The summed E-state index contributed by atoms with van der Waals surface area (Å²) >= 11 is 0. The average Bonchev–Trinajstić information content (AvgIpc) is 3.11. The van der Waals surface area contributed by atoms with E-state index < -0.39 is 23.7 Å². The molecule has 1 N–H and O–H groups in total. The maximum absolute atomic E-state index is 12.2. The maximum atomic E-state index is 12.2. The normalized spacial score (nSPS) is 13.2. The van der Waals surface area contributed by atoms with E-state index in [4.69, 9.17) is 10.4 Å². The van der Waals surface area contributed by atoms with Gasteiger partial charge >= 0.3 is 5.97 Å². The number of imide groups is 1. The quantitative estimate of drug-likeness (QED) is 0.288. The Labute approximate surface area is 181 Å². The number of rotatable bonds is 8. The standard InChI is InChI=1S/C20H17N7O5/c21-26-25-16-7-5-15(6-8-16)24-23-14-3-1-13(2-4-14)20(31)22-12-11-19(30)32-27-17(28)9-10-18(27)29/h1-8H,9-12H2,(H,22,31). The van der Waals surface area contributed by atoms with Crippen molar-refractivity contribution >= 4 is 40.8 Å². The van der Waals surface area contributed by atoms with E-state index in [-0.39, 0.29) is 25.8 Å². The number of nitrogens with zero attached hydrogens (tertiary/aromatic N) is 6. The number of azide groups is 1. The fourth-order valence-corrected chi connectivity index (χ4v) is 2.62. The van der Waals surface area contributed by atoms with Crippen LogP contribution in [0.15, 0.2) is 63.9 Å². The lowest BCUT2D eigenvalue weighted by atomic mass is 10.2. The molecule has 2 aromatic rings. The third-order valence-corrected chi connectivity index (χ3v) is 4.23. The van der Waals surface area contributed by atoms with Crippen LogP contribution in [-0.4, -0.2) is 35.3 Å². The van der Waals surface area contributed by atoms with E-state index in [0.717, 1.165) is 0 Å². The summed E-state index contributed by atoms with van der Waals surface area (Å²) in [4.78, 5) is 54.1. The van der Waals surface area contributed by atoms with Crippen LogP contribution in [0, 0.1) is 0 Å². The molecule has 1 aliphatic rings. The van der Waals surface area contributed by atoms with E-state index in [1.54, 1.807) is 48.5 Å². The predicted octanol–water partition coefficient (Wildman–Crippen LogP) is 3.77. The third kappa shape index (κ3) is 5.97. The smallest absolute Gasteiger partial charge is 0.334 e. The zero-order valence-corrected chi connectivity index (χ0v) is 16.7. The Morgan fingerprint density at radius 1 is 0.938 bits per heavy atom. The fraction of sp³-hybridized carbons (Fsp3) is 0.200. The summed E-state index contributed by atoms with van der Waals surface area (Å²) in [5.41, 5.74) is 10.3. The van der Waals surface area contributed by atoms with Crippen molar-refractivity contribution < 1.29 is 24.0 Å². The number of carbonyl (C=O) groups excluding carboxylic acids is 4. The van der Waals surface area contributed by atoms with Crippen molar-refractivity contribution in [3.63, 3.8) is 0 Å². The SMILES string of the molecule is [N-]=[N+]=Nc1ccc(N=Nc2ccc(C(=O)NCCC(=O)ON3C(=O)CCC3=O)cc2)cc1. The highest BCUT2D eigenvalue weighted by molar-refractivity contribution is 6.01. The summed E-state index contributed by atoms with van der Waals surface area (Å²) in [6.07, 6.45) is -0.169. The Balaban J connectivity index is 1.46. The van der Waals surface area contributed by atoms with E-state index in [0.29, 0.717) is 27.7 Å². The van der Waals surface area contributed by atoms with Gasteiger partial charge in [-0.05, 0) is 41.9 Å². The monoisotopic (exact) mass is 435 g/mol. The average molecular weight is 435 g/mol. The molecule has 1 aliphatic heterocycles. The largest absolute Gasteiger partial charge is 0.351 e. The molecule has 2 aromatic carbocycles. The molecule has 162 valence electrons. The summed E-state index contributed by atoms with van der Waals surface area (Å²) in [7, 11) is 0. The lowest BCUT2D eigenvalue weighted by Crippen LogP contribution is -2.33. The Morgan fingerprint density at radius 2 is 1.47 bits per heavy atom. The van der Waals surface area contributed by atoms with Gasteiger partial charge in [-0.25, -0.2) is 4.79 Å². The predicted molar refractivity (Wildman–Crippen MR) is 110 cm³/mol. The molecule has 12 nitrogen and oxygen atoms in total. The van der Waals surface area contributed by atoms with E-state index in [9.17, 15) is 19.2 Å². The topological polar surface area (TPSA) is 166 Å². The molecular weight excluding hydrogens is 418 g/mol. The first-order valence-corrected chi connectivity index (χ1v) is 9.48. The summed E-state index contributed by atoms with van der Waals surface area (Å²) in [5, 5.41) is 14.6. The second kappa shape index (κ2) is 10.5. The molecule has 3 rings (SSSR count). The molecule has 0 aromatic heterocycles. The van der Waals surface area contributed by atoms with E-state index >= 15 is 0 Å². The van der Waals surface area contributed by atoms with Gasteiger partial charge in [-0.3, -0.25) is 14.4 Å². The number of carbonyl (C=O) groups is 4. The van der Waals surface area contributed by atoms with Crippen molar-refractivity contribution in [2.45, 2.75) is 19.3 Å². The van der Waals surface area contributed by atoms with Crippen LogP contribution in [0.3, 0.4) is 0 Å². The summed E-state index contributed by atoms with van der Waals surface area (Å²) in [6, 6.07) is 12.8. The Hall–Kier alpha value is -4.57. The van der Waals surface area contributed by atoms with Crippen molar-refractivity contribution in [1.82, 2.24) is 10.4 Å². The van der Waals surface area contributed by atoms with Gasteiger partial charge in [-0.15, -0.1) is 5.06 Å². The van der Waals surface area contributed by atoms with Gasteiger partial charge in [-0.2, -0.15) is 10.2 Å². The molecular formula is C20H17N7O5. The van der Waals surface area contributed by atoms with Crippen LogP contribution < -0.4 is 5.32 Å². The molecule has 0 saturated carbocycles. The van der Waals surface area contributed by atoms with Gasteiger partial charge in [0.15, 0.2) is 0 Å². The Morgan fingerprint density at radius 3 is 2.03 bits per heavy atom. The van der Waals surface area contributed by atoms with Crippen molar-refractivity contribution in [2.24, 2.45) is 15.3 Å². The second-order valence-electron chi connectivity index (χ2n) is 6.50. The first-order valence-electron chi connectivity index (χ1n) is 9.48. The summed E-state index contributed by atoms with van der Waals surface area (Å²) in [5.74, 6) is -2.33. The number of hydroxylamine groups is 2. The highest BCUT2D eigenvalue weighted by Crippen LogP contribution is 2.22. The van der Waals surface area contributed by atoms with Crippen LogP contribution in [0.2, 0.25) is 0 Å². The molecule has 1 heterocycles. The molecule has 32 heavy (non-hydrogen) atoms. The van der Waals surface area contributed by atoms with E-state index in [1.165, 1.54) is 0 Å². The van der Waals surface area contributed by atoms with Crippen LogP contribution in [0.1, 0.15) is 29.6 Å². The van der Waals surface area contributed by atoms with Crippen LogP contribution in [0.5, 0.6) is 0 Å². The highest BCUT2D eigenvalue weighted by atomic mass is 16.7. The van der Waals surface area contributed by atoms with Gasteiger partial charge in [0.25, 0.3) is 17.7 Å². The first-order chi connectivity index (χ1) is 15.5.